The van der Waals surface area contributed by atoms with E-state index in [4.69, 9.17) is 9.47 Å². The molecule has 0 amide bonds. The van der Waals surface area contributed by atoms with Gasteiger partial charge in [-0.15, -0.1) is 11.8 Å². The number of aliphatic hydroxyl groups is 1. The van der Waals surface area contributed by atoms with E-state index in [9.17, 15) is 14.7 Å². The van der Waals surface area contributed by atoms with Crippen LogP contribution >= 0.6 is 24.4 Å². The summed E-state index contributed by atoms with van der Waals surface area (Å²) in [6.45, 7) is 11.2. The zero-order valence-electron chi connectivity index (χ0n) is 34.0. The Morgan fingerprint density at radius 1 is 0.529 bits per heavy atom. The lowest BCUT2D eigenvalue weighted by Gasteiger charge is -2.22. The van der Waals surface area contributed by atoms with Gasteiger partial charge in [0.15, 0.2) is 0 Å². The lowest BCUT2D eigenvalue weighted by atomic mass is 10.1. The molecule has 2 atom stereocenters. The second-order valence-corrected chi connectivity index (χ2v) is 16.8. The highest BCUT2D eigenvalue weighted by Gasteiger charge is 2.20. The first-order valence-corrected chi connectivity index (χ1v) is 23.5. The number of thiol groups is 1. The Morgan fingerprint density at radius 3 is 1.47 bits per heavy atom. The highest BCUT2D eigenvalue weighted by atomic mass is 32.2. The van der Waals surface area contributed by atoms with Crippen molar-refractivity contribution >= 4 is 36.3 Å². The second kappa shape index (κ2) is 40.7. The zero-order valence-corrected chi connectivity index (χ0v) is 35.7. The third kappa shape index (κ3) is 35.0. The standard InChI is InChI=1S/C43H85NO5S2/c1-4-7-10-13-15-22-31-40(50)42(46)48-37-28-19-17-24-33-44(35-26-27-36-45)34-25-18-20-29-38-49-43(47)41(32-23-16-14-11-8-5-2)51-39-30-21-12-9-6-3/h40-41,45,50H,4-39H2,1-3H3. The minimum atomic E-state index is -0.287. The Bertz CT molecular complexity index is 727. The van der Waals surface area contributed by atoms with Crippen molar-refractivity contribution in [1.29, 1.82) is 0 Å². The van der Waals surface area contributed by atoms with Crippen molar-refractivity contribution in [3.8, 4) is 0 Å². The lowest BCUT2D eigenvalue weighted by molar-refractivity contribution is -0.144. The van der Waals surface area contributed by atoms with Crippen LogP contribution in [0.15, 0.2) is 0 Å². The fraction of sp³-hybridized carbons (Fsp3) is 0.953. The van der Waals surface area contributed by atoms with E-state index in [1.54, 1.807) is 0 Å². The van der Waals surface area contributed by atoms with E-state index in [-0.39, 0.29) is 29.0 Å². The van der Waals surface area contributed by atoms with Gasteiger partial charge in [-0.25, -0.2) is 0 Å². The molecule has 0 spiro atoms. The summed E-state index contributed by atoms with van der Waals surface area (Å²) in [6, 6.07) is 0. The molecule has 0 aromatic rings. The summed E-state index contributed by atoms with van der Waals surface area (Å²) in [7, 11) is 0. The number of thioether (sulfide) groups is 1. The van der Waals surface area contributed by atoms with Crippen LogP contribution in [0.4, 0.5) is 0 Å². The van der Waals surface area contributed by atoms with Gasteiger partial charge in [-0.1, -0.05) is 149 Å². The molecular weight excluding hydrogens is 675 g/mol. The molecule has 0 aromatic heterocycles. The molecule has 0 rings (SSSR count). The molecule has 0 radical (unpaired) electrons. The smallest absolute Gasteiger partial charge is 0.319 e. The minimum absolute atomic E-state index is 0.00459. The molecule has 6 nitrogen and oxygen atoms in total. The normalized spacial score (nSPS) is 12.7. The van der Waals surface area contributed by atoms with Crippen molar-refractivity contribution in [1.82, 2.24) is 4.90 Å². The molecule has 2 unspecified atom stereocenters. The van der Waals surface area contributed by atoms with Crippen molar-refractivity contribution in [3.63, 3.8) is 0 Å². The van der Waals surface area contributed by atoms with Crippen LogP contribution in [0.5, 0.6) is 0 Å². The highest BCUT2D eigenvalue weighted by Crippen LogP contribution is 2.23. The van der Waals surface area contributed by atoms with Crippen molar-refractivity contribution in [2.75, 3.05) is 45.2 Å². The van der Waals surface area contributed by atoms with Crippen molar-refractivity contribution in [2.45, 2.75) is 217 Å². The number of hydrogen-bond donors (Lipinski definition) is 2. The maximum absolute atomic E-state index is 13.0. The Balaban J connectivity index is 4.21. The number of carbonyl (C=O) groups excluding carboxylic acids is 2. The van der Waals surface area contributed by atoms with E-state index in [0.29, 0.717) is 13.2 Å². The summed E-state index contributed by atoms with van der Waals surface area (Å²) in [5, 5.41) is 8.99. The van der Waals surface area contributed by atoms with Gasteiger partial charge in [-0.2, -0.15) is 12.6 Å². The molecule has 0 aliphatic carbocycles. The van der Waals surface area contributed by atoms with Crippen LogP contribution in [0, 0.1) is 0 Å². The molecule has 0 saturated carbocycles. The number of nitrogens with zero attached hydrogens (tertiary/aromatic N) is 1. The Kier molecular flexibility index (Phi) is 40.4. The van der Waals surface area contributed by atoms with Gasteiger partial charge in [0.25, 0.3) is 0 Å². The molecule has 0 aliphatic rings. The van der Waals surface area contributed by atoms with E-state index in [1.807, 2.05) is 11.8 Å². The van der Waals surface area contributed by atoms with Crippen molar-refractivity contribution in [3.05, 3.63) is 0 Å². The Hall–Kier alpha value is -0.440. The maximum atomic E-state index is 13.0. The van der Waals surface area contributed by atoms with Crippen molar-refractivity contribution in [2.24, 2.45) is 0 Å². The molecule has 0 aliphatic heterocycles. The number of rotatable bonds is 41. The number of esters is 2. The lowest BCUT2D eigenvalue weighted by Crippen LogP contribution is -2.27. The molecule has 0 saturated heterocycles. The molecule has 0 bridgehead atoms. The van der Waals surface area contributed by atoms with E-state index < -0.39 is 0 Å². The third-order valence-corrected chi connectivity index (χ3v) is 11.7. The number of aliphatic hydroxyl groups excluding tert-OH is 1. The van der Waals surface area contributed by atoms with Crippen LogP contribution in [0.2, 0.25) is 0 Å². The first-order chi connectivity index (χ1) is 25.0. The summed E-state index contributed by atoms with van der Waals surface area (Å²) >= 11 is 6.31. The Labute approximate surface area is 326 Å². The molecule has 0 aromatic carbocycles. The van der Waals surface area contributed by atoms with E-state index in [1.165, 1.54) is 96.3 Å². The topological polar surface area (TPSA) is 76.1 Å². The van der Waals surface area contributed by atoms with Gasteiger partial charge in [-0.3, -0.25) is 9.59 Å². The molecule has 0 fully saturated rings. The summed E-state index contributed by atoms with van der Waals surface area (Å²) in [4.78, 5) is 27.8. The van der Waals surface area contributed by atoms with Gasteiger partial charge in [-0.05, 0) is 83.2 Å². The van der Waals surface area contributed by atoms with E-state index in [2.05, 4.69) is 38.3 Å². The summed E-state index contributed by atoms with van der Waals surface area (Å²) < 4.78 is 11.3. The zero-order chi connectivity index (χ0) is 37.5. The van der Waals surface area contributed by atoms with Crippen LogP contribution < -0.4 is 0 Å². The number of hydrogen-bond acceptors (Lipinski definition) is 8. The van der Waals surface area contributed by atoms with Gasteiger partial charge in [0.1, 0.15) is 5.25 Å². The SMILES string of the molecule is CCCCCCCCC(S)C(=O)OCCCCCCN(CCCCO)CCCCCCOC(=O)C(CCCCCCCC)SCCCCCCC. The predicted molar refractivity (Wildman–Crippen MR) is 225 cm³/mol. The molecule has 304 valence electrons. The average molecular weight is 760 g/mol. The van der Waals surface area contributed by atoms with Crippen LogP contribution in [0.1, 0.15) is 207 Å². The summed E-state index contributed by atoms with van der Waals surface area (Å²) in [5.41, 5.74) is 0. The summed E-state index contributed by atoms with van der Waals surface area (Å²) in [5.74, 6) is 0.930. The van der Waals surface area contributed by atoms with E-state index >= 15 is 0 Å². The number of carbonyl (C=O) groups is 2. The highest BCUT2D eigenvalue weighted by molar-refractivity contribution is 8.00. The monoisotopic (exact) mass is 760 g/mol. The maximum Gasteiger partial charge on any atom is 0.319 e. The van der Waals surface area contributed by atoms with Crippen LogP contribution in [-0.2, 0) is 19.1 Å². The molecule has 51 heavy (non-hydrogen) atoms. The predicted octanol–water partition coefficient (Wildman–Crippen LogP) is 12.1. The van der Waals surface area contributed by atoms with Gasteiger partial charge in [0.2, 0.25) is 0 Å². The number of ether oxygens (including phenoxy) is 2. The quantitative estimate of drug-likeness (QED) is 0.0365. The third-order valence-electron chi connectivity index (χ3n) is 9.86. The van der Waals surface area contributed by atoms with Gasteiger partial charge in [0.05, 0.1) is 18.5 Å². The van der Waals surface area contributed by atoms with E-state index in [0.717, 1.165) is 115 Å². The first kappa shape index (κ1) is 50.6. The fourth-order valence-corrected chi connectivity index (χ4v) is 7.90. The molecule has 8 heteroatoms. The fourth-order valence-electron chi connectivity index (χ4n) is 6.45. The molecule has 1 N–H and O–H groups in total. The van der Waals surface area contributed by atoms with Crippen LogP contribution in [0.3, 0.4) is 0 Å². The molecule has 0 heterocycles. The minimum Gasteiger partial charge on any atom is -0.465 e. The largest absolute Gasteiger partial charge is 0.465 e. The number of unbranched alkanes of at least 4 members (excludes halogenated alkanes) is 21. The second-order valence-electron chi connectivity index (χ2n) is 14.8. The molecular formula is C43H85NO5S2. The van der Waals surface area contributed by atoms with Gasteiger partial charge < -0.3 is 19.5 Å². The van der Waals surface area contributed by atoms with Crippen molar-refractivity contribution < 1.29 is 24.2 Å². The van der Waals surface area contributed by atoms with Gasteiger partial charge >= 0.3 is 11.9 Å². The average Bonchev–Trinajstić information content (AvgIpc) is 3.13. The summed E-state index contributed by atoms with van der Waals surface area (Å²) in [6.07, 6.45) is 33.5. The van der Waals surface area contributed by atoms with Gasteiger partial charge in [0, 0.05) is 6.61 Å². The first-order valence-electron chi connectivity index (χ1n) is 22.0. The Morgan fingerprint density at radius 2 is 0.941 bits per heavy atom. The van der Waals surface area contributed by atoms with Crippen LogP contribution in [-0.4, -0.2) is 77.7 Å². The van der Waals surface area contributed by atoms with Crippen LogP contribution in [0.25, 0.3) is 0 Å².